The van der Waals surface area contributed by atoms with Crippen LogP contribution in [0.5, 0.6) is 0 Å². The van der Waals surface area contributed by atoms with Gasteiger partial charge < -0.3 is 0 Å². The minimum Gasteiger partial charge on any atom is -0.294 e. The van der Waals surface area contributed by atoms with Crippen molar-refractivity contribution < 1.29 is 57.1 Å². The molecule has 1 unspecified atom stereocenters. The largest absolute Gasteiger partial charge is 0.417 e. The van der Waals surface area contributed by atoms with Crippen molar-refractivity contribution in [1.29, 1.82) is 0 Å². The fourth-order valence-electron chi connectivity index (χ4n) is 4.00. The molecule has 0 spiro atoms. The summed E-state index contributed by atoms with van der Waals surface area (Å²) in [6, 6.07) is 3.20. The molecule has 0 saturated carbocycles. The molecule has 2 atom stereocenters. The molecule has 0 bridgehead atoms. The molecule has 0 heterocycles. The minimum atomic E-state index is -5.31. The van der Waals surface area contributed by atoms with Gasteiger partial charge in [-0.2, -0.15) is 39.5 Å². The average Bonchev–Trinajstić information content (AvgIpc) is 2.77. The maximum absolute atomic E-state index is 15.0. The molecule has 228 valence electrons. The van der Waals surface area contributed by atoms with Crippen LogP contribution in [0.2, 0.25) is 10.0 Å². The molecular formula is C25H20Cl2F10O3S. The Balaban J connectivity index is 2.47. The predicted molar refractivity (Wildman–Crippen MR) is 133 cm³/mol. The molecule has 0 amide bonds. The van der Waals surface area contributed by atoms with Crippen molar-refractivity contribution in [3.63, 3.8) is 0 Å². The number of carbonyl (C=O) groups excluding carboxylic acids is 1. The lowest BCUT2D eigenvalue weighted by Gasteiger charge is -2.21. The number of ketones is 1. The van der Waals surface area contributed by atoms with Crippen LogP contribution in [0.4, 0.5) is 43.9 Å². The van der Waals surface area contributed by atoms with Crippen LogP contribution in [0, 0.1) is 12.8 Å². The SMILES string of the molecule is Cc1c(C(/C=C(\F)c2ccc(C(=O)C[C@H](C)CS(=O)(=O)CC(F)(F)F)c(C(F)(F)F)c2)C(F)(F)F)ccc(Cl)c1Cl. The first-order valence-electron chi connectivity index (χ1n) is 11.3. The lowest BCUT2D eigenvalue weighted by Crippen LogP contribution is -2.28. The number of hydrogen-bond donors (Lipinski definition) is 0. The highest BCUT2D eigenvalue weighted by molar-refractivity contribution is 7.91. The lowest BCUT2D eigenvalue weighted by atomic mass is 9.91. The third kappa shape index (κ3) is 9.60. The van der Waals surface area contributed by atoms with Crippen LogP contribution < -0.4 is 0 Å². The topological polar surface area (TPSA) is 51.2 Å². The van der Waals surface area contributed by atoms with Gasteiger partial charge in [-0.05, 0) is 42.2 Å². The van der Waals surface area contributed by atoms with Crippen molar-refractivity contribution >= 4 is 44.6 Å². The Morgan fingerprint density at radius 1 is 0.976 bits per heavy atom. The quantitative estimate of drug-likeness (QED) is 0.199. The van der Waals surface area contributed by atoms with E-state index in [9.17, 15) is 52.7 Å². The van der Waals surface area contributed by atoms with Gasteiger partial charge in [-0.25, -0.2) is 12.8 Å². The molecule has 41 heavy (non-hydrogen) atoms. The summed E-state index contributed by atoms with van der Waals surface area (Å²) >= 11 is 11.7. The van der Waals surface area contributed by atoms with Gasteiger partial charge in [-0.1, -0.05) is 48.3 Å². The number of allylic oxidation sites excluding steroid dienone is 1. The second-order valence-electron chi connectivity index (χ2n) is 9.27. The Morgan fingerprint density at radius 3 is 2.07 bits per heavy atom. The highest BCUT2D eigenvalue weighted by Crippen LogP contribution is 2.43. The Bertz CT molecular complexity index is 1430. The fraction of sp³-hybridized carbons (Fsp3) is 0.400. The number of rotatable bonds is 9. The number of hydrogen-bond acceptors (Lipinski definition) is 3. The Labute approximate surface area is 238 Å². The van der Waals surface area contributed by atoms with E-state index in [4.69, 9.17) is 23.2 Å². The van der Waals surface area contributed by atoms with Gasteiger partial charge in [-0.15, -0.1) is 0 Å². The molecular weight excluding hydrogens is 641 g/mol. The Hall–Kier alpha value is -2.32. The highest BCUT2D eigenvalue weighted by atomic mass is 35.5. The number of halogens is 12. The summed E-state index contributed by atoms with van der Waals surface area (Å²) in [6.07, 6.45) is -16.4. The molecule has 2 aromatic carbocycles. The van der Waals surface area contributed by atoms with Gasteiger partial charge in [0.05, 0.1) is 21.4 Å². The summed E-state index contributed by atoms with van der Waals surface area (Å²) in [4.78, 5) is 12.6. The van der Waals surface area contributed by atoms with Crippen molar-refractivity contribution in [2.45, 2.75) is 44.7 Å². The fourth-order valence-corrected chi connectivity index (χ4v) is 5.98. The van der Waals surface area contributed by atoms with Crippen LogP contribution in [0.3, 0.4) is 0 Å². The van der Waals surface area contributed by atoms with Crippen molar-refractivity contribution in [3.8, 4) is 0 Å². The van der Waals surface area contributed by atoms with E-state index in [2.05, 4.69) is 0 Å². The average molecular weight is 661 g/mol. The third-order valence-electron chi connectivity index (χ3n) is 5.74. The van der Waals surface area contributed by atoms with E-state index in [1.165, 1.54) is 6.92 Å². The van der Waals surface area contributed by atoms with Crippen molar-refractivity contribution in [2.24, 2.45) is 5.92 Å². The first kappa shape index (κ1) is 34.9. The smallest absolute Gasteiger partial charge is 0.294 e. The van der Waals surface area contributed by atoms with Crippen LogP contribution in [0.25, 0.3) is 5.83 Å². The first-order chi connectivity index (χ1) is 18.4. The first-order valence-corrected chi connectivity index (χ1v) is 13.9. The molecule has 2 aromatic rings. The zero-order valence-corrected chi connectivity index (χ0v) is 23.2. The van der Waals surface area contributed by atoms with Crippen LogP contribution >= 0.6 is 23.2 Å². The van der Waals surface area contributed by atoms with Crippen LogP contribution in [0.15, 0.2) is 36.4 Å². The van der Waals surface area contributed by atoms with Crippen molar-refractivity contribution in [3.05, 3.63) is 74.3 Å². The van der Waals surface area contributed by atoms with E-state index >= 15 is 4.39 Å². The summed E-state index contributed by atoms with van der Waals surface area (Å²) in [5.74, 6) is -10.3. The second-order valence-corrected chi connectivity index (χ2v) is 12.2. The molecule has 0 saturated heterocycles. The Kier molecular flexibility index (Phi) is 10.6. The van der Waals surface area contributed by atoms with E-state index in [1.807, 2.05) is 0 Å². The summed E-state index contributed by atoms with van der Waals surface area (Å²) < 4.78 is 159. The van der Waals surface area contributed by atoms with E-state index in [0.29, 0.717) is 12.1 Å². The summed E-state index contributed by atoms with van der Waals surface area (Å²) in [7, 11) is -4.74. The van der Waals surface area contributed by atoms with Crippen LogP contribution in [-0.2, 0) is 16.0 Å². The number of sulfone groups is 1. The summed E-state index contributed by atoms with van der Waals surface area (Å²) in [5.41, 5.74) is -4.42. The molecule has 0 aliphatic carbocycles. The number of benzene rings is 2. The van der Waals surface area contributed by atoms with Gasteiger partial charge in [0.25, 0.3) is 0 Å². The van der Waals surface area contributed by atoms with Gasteiger partial charge in [0, 0.05) is 17.5 Å². The maximum atomic E-state index is 15.0. The minimum absolute atomic E-state index is 0.0388. The van der Waals surface area contributed by atoms with Crippen molar-refractivity contribution in [2.75, 3.05) is 11.5 Å². The van der Waals surface area contributed by atoms with Gasteiger partial charge in [0.1, 0.15) is 17.5 Å². The zero-order valence-electron chi connectivity index (χ0n) is 20.9. The molecule has 0 radical (unpaired) electrons. The molecule has 3 nitrogen and oxygen atoms in total. The predicted octanol–water partition coefficient (Wildman–Crippen LogP) is 9.16. The van der Waals surface area contributed by atoms with E-state index < -0.39 is 92.0 Å². The monoisotopic (exact) mass is 660 g/mol. The van der Waals surface area contributed by atoms with Crippen LogP contribution in [0.1, 0.15) is 51.9 Å². The van der Waals surface area contributed by atoms with Crippen LogP contribution in [-0.4, -0.2) is 38.1 Å². The Morgan fingerprint density at radius 2 is 1.56 bits per heavy atom. The van der Waals surface area contributed by atoms with Gasteiger partial charge in [-0.3, -0.25) is 4.79 Å². The number of Topliss-reactive ketones (excluding diaryl/α,β-unsaturated/α-hetero) is 1. The molecule has 0 aliphatic heterocycles. The van der Waals surface area contributed by atoms with Gasteiger partial charge >= 0.3 is 18.5 Å². The van der Waals surface area contributed by atoms with Gasteiger partial charge in [0.15, 0.2) is 15.6 Å². The third-order valence-corrected chi connectivity index (χ3v) is 8.48. The van der Waals surface area contributed by atoms with Gasteiger partial charge in [0.2, 0.25) is 0 Å². The van der Waals surface area contributed by atoms with E-state index in [0.717, 1.165) is 19.1 Å². The molecule has 0 aliphatic rings. The summed E-state index contributed by atoms with van der Waals surface area (Å²) in [5, 5.41) is -0.324. The molecule has 0 fully saturated rings. The normalized spacial score (nSPS) is 15.1. The molecule has 2 rings (SSSR count). The standard InChI is InChI=1S/C25H20Cl2F10O3S/c1-12(10-41(39,40)11-23(29,30)31)7-21(38)16-4-3-14(8-17(16)24(32,33)34)20(28)9-18(25(35,36)37)15-5-6-19(26)22(27)13(15)2/h3-6,8-9,12,18H,7,10-11H2,1-2H3/b20-9-/t12-,18?/m0/s1. The van der Waals surface area contributed by atoms with Crippen molar-refractivity contribution in [1.82, 2.24) is 0 Å². The summed E-state index contributed by atoms with van der Waals surface area (Å²) in [6.45, 7) is 2.23. The second kappa shape index (κ2) is 12.5. The molecule has 0 N–H and O–H groups in total. The number of alkyl halides is 9. The van der Waals surface area contributed by atoms with E-state index in [1.54, 1.807) is 0 Å². The highest BCUT2D eigenvalue weighted by Gasteiger charge is 2.42. The number of carbonyl (C=O) groups is 1. The molecule has 16 heteroatoms. The lowest BCUT2D eigenvalue weighted by molar-refractivity contribution is -0.140. The molecule has 0 aromatic heterocycles. The maximum Gasteiger partial charge on any atom is 0.417 e. The zero-order chi connectivity index (χ0) is 31.7. The van der Waals surface area contributed by atoms with E-state index in [-0.39, 0.29) is 27.8 Å².